The van der Waals surface area contributed by atoms with E-state index in [-0.39, 0.29) is 5.97 Å². The van der Waals surface area contributed by atoms with Gasteiger partial charge in [-0.3, -0.25) is 0 Å². The molecule has 1 aromatic rings. The maximum Gasteiger partial charge on any atom is 0.337 e. The Bertz CT molecular complexity index is 589. The van der Waals surface area contributed by atoms with Crippen molar-refractivity contribution in [2.75, 3.05) is 38.7 Å². The molecule has 0 aliphatic carbocycles. The molecule has 2 aliphatic rings. The number of nitrogens with one attached hydrogen (secondary N) is 1. The zero-order valence-corrected chi connectivity index (χ0v) is 14.6. The highest BCUT2D eigenvalue weighted by Crippen LogP contribution is 2.30. The van der Waals surface area contributed by atoms with E-state index in [4.69, 9.17) is 26.4 Å². The van der Waals surface area contributed by atoms with Crippen molar-refractivity contribution >= 4 is 29.0 Å². The van der Waals surface area contributed by atoms with Gasteiger partial charge in [0.25, 0.3) is 0 Å². The molecular weight excluding hydrogens is 328 g/mol. The molecule has 0 aromatic heterocycles. The second-order valence-electron chi connectivity index (χ2n) is 5.95. The molecule has 2 fully saturated rings. The Morgan fingerprint density at radius 1 is 1.21 bits per heavy atom. The van der Waals surface area contributed by atoms with Crippen LogP contribution in [0.1, 0.15) is 29.6 Å². The number of esters is 1. The summed E-state index contributed by atoms with van der Waals surface area (Å²) in [6.45, 7) is 3.14. The van der Waals surface area contributed by atoms with Gasteiger partial charge >= 0.3 is 5.97 Å². The molecule has 0 atom stereocenters. The average Bonchev–Trinajstić information content (AvgIpc) is 2.63. The van der Waals surface area contributed by atoms with Gasteiger partial charge < -0.3 is 24.4 Å². The van der Waals surface area contributed by atoms with Crippen LogP contribution in [0.15, 0.2) is 24.3 Å². The Morgan fingerprint density at radius 3 is 2.42 bits per heavy atom. The van der Waals surface area contributed by atoms with Gasteiger partial charge in [-0.1, -0.05) is 0 Å². The number of methoxy groups -OCH3 is 1. The van der Waals surface area contributed by atoms with E-state index in [9.17, 15) is 4.79 Å². The Kier molecular flexibility index (Phi) is 5.33. The number of hydrogen-bond donors (Lipinski definition) is 1. The number of rotatable bonds is 2. The van der Waals surface area contributed by atoms with Crippen molar-refractivity contribution in [1.82, 2.24) is 4.90 Å². The molecule has 7 heteroatoms. The Labute approximate surface area is 147 Å². The lowest BCUT2D eigenvalue weighted by Crippen LogP contribution is -2.52. The summed E-state index contributed by atoms with van der Waals surface area (Å²) in [5, 5.41) is 3.88. The third-order valence-corrected chi connectivity index (χ3v) is 4.75. The summed E-state index contributed by atoms with van der Waals surface area (Å²) >= 11 is 5.49. The molecule has 130 valence electrons. The molecule has 0 saturated carbocycles. The highest BCUT2D eigenvalue weighted by atomic mass is 32.1. The van der Waals surface area contributed by atoms with E-state index in [2.05, 4.69) is 10.2 Å². The van der Waals surface area contributed by atoms with E-state index in [1.165, 1.54) is 7.11 Å². The number of nitrogens with zero attached hydrogens (tertiary/aromatic N) is 1. The number of piperidine rings is 1. The third-order valence-electron chi connectivity index (χ3n) is 4.39. The normalized spacial score (nSPS) is 19.8. The lowest BCUT2D eigenvalue weighted by molar-refractivity contribution is -0.281. The Balaban J connectivity index is 1.53. The van der Waals surface area contributed by atoms with E-state index in [1.807, 2.05) is 12.1 Å². The minimum absolute atomic E-state index is 0.349. The van der Waals surface area contributed by atoms with Gasteiger partial charge in [-0.2, -0.15) is 0 Å². The largest absolute Gasteiger partial charge is 0.465 e. The fourth-order valence-corrected chi connectivity index (χ4v) is 3.27. The standard InChI is InChI=1S/C17H22N2O4S/c1-21-15(20)13-3-5-14(6-4-13)18-16(24)19-9-7-17(8-10-19)22-11-2-12-23-17/h3-6H,2,7-12H2,1H3,(H,18,24). The zero-order valence-electron chi connectivity index (χ0n) is 13.7. The van der Waals surface area contributed by atoms with E-state index < -0.39 is 5.79 Å². The topological polar surface area (TPSA) is 60.0 Å². The molecule has 6 nitrogen and oxygen atoms in total. The molecule has 0 bridgehead atoms. The van der Waals surface area contributed by atoms with Gasteiger partial charge in [-0.05, 0) is 42.9 Å². The predicted molar refractivity (Wildman–Crippen MR) is 94.1 cm³/mol. The lowest BCUT2D eigenvalue weighted by Gasteiger charge is -2.44. The SMILES string of the molecule is COC(=O)c1ccc(NC(=S)N2CCC3(CC2)OCCCO3)cc1. The van der Waals surface area contributed by atoms with E-state index in [0.29, 0.717) is 10.7 Å². The third kappa shape index (κ3) is 3.85. The quantitative estimate of drug-likeness (QED) is 0.649. The first-order valence-corrected chi connectivity index (χ1v) is 8.55. The lowest BCUT2D eigenvalue weighted by atomic mass is 10.0. The van der Waals surface area contributed by atoms with E-state index in [0.717, 1.165) is 51.3 Å². The number of ether oxygens (including phenoxy) is 3. The minimum atomic E-state index is -0.410. The Hall–Kier alpha value is -1.70. The summed E-state index contributed by atoms with van der Waals surface area (Å²) < 4.78 is 16.4. The molecule has 2 heterocycles. The van der Waals surface area contributed by atoms with Gasteiger partial charge in [0.1, 0.15) is 0 Å². The minimum Gasteiger partial charge on any atom is -0.465 e. The van der Waals surface area contributed by atoms with Gasteiger partial charge in [-0.25, -0.2) is 4.79 Å². The van der Waals surface area contributed by atoms with Gasteiger partial charge in [0.2, 0.25) is 0 Å². The van der Waals surface area contributed by atoms with Crippen LogP contribution in [0.5, 0.6) is 0 Å². The van der Waals surface area contributed by atoms with Crippen molar-refractivity contribution in [3.05, 3.63) is 29.8 Å². The fourth-order valence-electron chi connectivity index (χ4n) is 2.97. The van der Waals surface area contributed by atoms with Crippen molar-refractivity contribution in [2.45, 2.75) is 25.0 Å². The highest BCUT2D eigenvalue weighted by molar-refractivity contribution is 7.80. The van der Waals surface area contributed by atoms with Crippen LogP contribution in [0.25, 0.3) is 0 Å². The van der Waals surface area contributed by atoms with Crippen LogP contribution < -0.4 is 5.32 Å². The summed E-state index contributed by atoms with van der Waals surface area (Å²) in [6, 6.07) is 7.06. The molecule has 1 N–H and O–H groups in total. The summed E-state index contributed by atoms with van der Waals surface area (Å²) in [5.41, 5.74) is 1.36. The highest BCUT2D eigenvalue weighted by Gasteiger charge is 2.38. The second-order valence-corrected chi connectivity index (χ2v) is 6.33. The number of carbonyl (C=O) groups is 1. The van der Waals surface area contributed by atoms with Gasteiger partial charge in [0.15, 0.2) is 10.9 Å². The predicted octanol–water partition coefficient (Wildman–Crippen LogP) is 2.40. The summed E-state index contributed by atoms with van der Waals surface area (Å²) in [5.74, 6) is -0.759. The molecule has 1 spiro atoms. The monoisotopic (exact) mass is 350 g/mol. The molecule has 0 amide bonds. The number of anilines is 1. The van der Waals surface area contributed by atoms with Crippen LogP contribution in [0, 0.1) is 0 Å². The van der Waals surface area contributed by atoms with Crippen molar-refractivity contribution in [3.63, 3.8) is 0 Å². The van der Waals surface area contributed by atoms with Crippen molar-refractivity contribution in [2.24, 2.45) is 0 Å². The molecule has 2 saturated heterocycles. The van der Waals surface area contributed by atoms with E-state index >= 15 is 0 Å². The van der Waals surface area contributed by atoms with Crippen molar-refractivity contribution in [1.29, 1.82) is 0 Å². The van der Waals surface area contributed by atoms with Gasteiger partial charge in [-0.15, -0.1) is 0 Å². The van der Waals surface area contributed by atoms with Gasteiger partial charge in [0, 0.05) is 31.6 Å². The van der Waals surface area contributed by atoms with Crippen molar-refractivity contribution in [3.8, 4) is 0 Å². The number of thiocarbonyl (C=S) groups is 1. The number of carbonyl (C=O) groups excluding carboxylic acids is 1. The van der Waals surface area contributed by atoms with Crippen LogP contribution in [-0.2, 0) is 14.2 Å². The first kappa shape index (κ1) is 17.1. The number of hydrogen-bond acceptors (Lipinski definition) is 5. The molecule has 3 rings (SSSR count). The molecule has 1 aromatic carbocycles. The summed E-state index contributed by atoms with van der Waals surface area (Å²) in [7, 11) is 1.37. The molecular formula is C17H22N2O4S. The van der Waals surface area contributed by atoms with Gasteiger partial charge in [0.05, 0.1) is 25.9 Å². The Morgan fingerprint density at radius 2 is 1.83 bits per heavy atom. The first-order chi connectivity index (χ1) is 11.6. The van der Waals surface area contributed by atoms with Crippen LogP contribution in [-0.4, -0.2) is 55.2 Å². The number of benzene rings is 1. The number of likely N-dealkylation sites (tertiary alicyclic amines) is 1. The van der Waals surface area contributed by atoms with Crippen molar-refractivity contribution < 1.29 is 19.0 Å². The van der Waals surface area contributed by atoms with Crippen LogP contribution in [0.2, 0.25) is 0 Å². The first-order valence-electron chi connectivity index (χ1n) is 8.14. The molecule has 0 radical (unpaired) electrons. The average molecular weight is 350 g/mol. The van der Waals surface area contributed by atoms with Crippen LogP contribution in [0.4, 0.5) is 5.69 Å². The van der Waals surface area contributed by atoms with Crippen LogP contribution in [0.3, 0.4) is 0 Å². The zero-order chi connectivity index (χ0) is 17.0. The fraction of sp³-hybridized carbons (Fsp3) is 0.529. The summed E-state index contributed by atoms with van der Waals surface area (Å²) in [4.78, 5) is 13.6. The smallest absolute Gasteiger partial charge is 0.337 e. The second kappa shape index (κ2) is 7.46. The van der Waals surface area contributed by atoms with Crippen LogP contribution >= 0.6 is 12.2 Å². The maximum atomic E-state index is 11.4. The summed E-state index contributed by atoms with van der Waals surface area (Å²) in [6.07, 6.45) is 2.60. The molecule has 0 unspecified atom stereocenters. The molecule has 24 heavy (non-hydrogen) atoms. The van der Waals surface area contributed by atoms with E-state index in [1.54, 1.807) is 12.1 Å². The maximum absolute atomic E-state index is 11.4. The molecule has 2 aliphatic heterocycles.